The Morgan fingerprint density at radius 1 is 1.79 bits per heavy atom. The summed E-state index contributed by atoms with van der Waals surface area (Å²) in [6.07, 6.45) is 1.20. The highest BCUT2D eigenvalue weighted by Gasteiger charge is 2.23. The van der Waals surface area contributed by atoms with Crippen LogP contribution in [0.15, 0.2) is 6.07 Å². The molecule has 0 spiro atoms. The molecule has 1 aliphatic rings. The van der Waals surface area contributed by atoms with E-state index in [0.29, 0.717) is 11.7 Å². The van der Waals surface area contributed by atoms with Crippen molar-refractivity contribution in [3.05, 3.63) is 6.07 Å². The zero-order valence-corrected chi connectivity index (χ0v) is 9.09. The molecule has 0 aromatic carbocycles. The quantitative estimate of drug-likeness (QED) is 0.819. The SMILES string of the molecule is COCC1CCN(c2cc(N)ns2)C1. The largest absolute Gasteiger partial charge is 0.384 e. The van der Waals surface area contributed by atoms with E-state index in [1.54, 1.807) is 7.11 Å². The van der Waals surface area contributed by atoms with E-state index in [0.717, 1.165) is 19.7 Å². The van der Waals surface area contributed by atoms with Crippen LogP contribution in [-0.2, 0) is 4.74 Å². The van der Waals surface area contributed by atoms with Crippen molar-refractivity contribution >= 4 is 22.4 Å². The van der Waals surface area contributed by atoms with Gasteiger partial charge in [-0.1, -0.05) is 0 Å². The summed E-state index contributed by atoms with van der Waals surface area (Å²) in [4.78, 5) is 2.33. The molecule has 14 heavy (non-hydrogen) atoms. The molecule has 1 unspecified atom stereocenters. The van der Waals surface area contributed by atoms with E-state index in [2.05, 4.69) is 9.27 Å². The summed E-state index contributed by atoms with van der Waals surface area (Å²) in [6, 6.07) is 1.94. The van der Waals surface area contributed by atoms with Crippen molar-refractivity contribution in [3.8, 4) is 0 Å². The van der Waals surface area contributed by atoms with E-state index < -0.39 is 0 Å². The number of nitrogens with zero attached hydrogens (tertiary/aromatic N) is 2. The lowest BCUT2D eigenvalue weighted by Gasteiger charge is -2.14. The molecule has 0 radical (unpaired) electrons. The Bertz CT molecular complexity index is 302. The van der Waals surface area contributed by atoms with Crippen LogP contribution in [0.1, 0.15) is 6.42 Å². The van der Waals surface area contributed by atoms with Crippen molar-refractivity contribution in [2.45, 2.75) is 6.42 Å². The lowest BCUT2D eigenvalue weighted by Crippen LogP contribution is -2.19. The van der Waals surface area contributed by atoms with Crippen LogP contribution in [0.25, 0.3) is 0 Å². The minimum Gasteiger partial charge on any atom is -0.384 e. The number of nitrogens with two attached hydrogens (primary N) is 1. The van der Waals surface area contributed by atoms with Crippen molar-refractivity contribution < 1.29 is 4.74 Å². The molecule has 1 fully saturated rings. The van der Waals surface area contributed by atoms with E-state index in [1.807, 2.05) is 6.07 Å². The zero-order valence-electron chi connectivity index (χ0n) is 8.27. The second-order valence-corrected chi connectivity index (χ2v) is 4.43. The molecule has 2 heterocycles. The molecule has 1 saturated heterocycles. The topological polar surface area (TPSA) is 51.4 Å². The average Bonchev–Trinajstić information content (AvgIpc) is 2.74. The molecule has 1 aromatic heterocycles. The van der Waals surface area contributed by atoms with Crippen LogP contribution in [0.4, 0.5) is 10.8 Å². The van der Waals surface area contributed by atoms with Gasteiger partial charge in [-0.15, -0.1) is 0 Å². The lowest BCUT2D eigenvalue weighted by molar-refractivity contribution is 0.161. The third kappa shape index (κ3) is 1.99. The summed E-state index contributed by atoms with van der Waals surface area (Å²) >= 11 is 1.48. The Hall–Kier alpha value is -0.810. The molecular weight excluding hydrogens is 198 g/mol. The maximum absolute atomic E-state index is 5.59. The molecular formula is C9H15N3OS. The third-order valence-corrected chi connectivity index (χ3v) is 3.38. The molecule has 1 atom stereocenters. The van der Waals surface area contributed by atoms with Gasteiger partial charge in [0.2, 0.25) is 0 Å². The van der Waals surface area contributed by atoms with Gasteiger partial charge in [0.05, 0.1) is 6.61 Å². The summed E-state index contributed by atoms with van der Waals surface area (Å²) in [5, 5.41) is 1.18. The van der Waals surface area contributed by atoms with Gasteiger partial charge in [0.15, 0.2) is 0 Å². The van der Waals surface area contributed by atoms with Crippen LogP contribution < -0.4 is 10.6 Å². The van der Waals surface area contributed by atoms with Crippen molar-refractivity contribution in [1.29, 1.82) is 0 Å². The zero-order chi connectivity index (χ0) is 9.97. The monoisotopic (exact) mass is 213 g/mol. The fraction of sp³-hybridized carbons (Fsp3) is 0.667. The molecule has 4 nitrogen and oxygen atoms in total. The maximum atomic E-state index is 5.59. The van der Waals surface area contributed by atoms with Gasteiger partial charge in [-0.05, 0) is 18.0 Å². The van der Waals surface area contributed by atoms with Gasteiger partial charge < -0.3 is 15.4 Å². The van der Waals surface area contributed by atoms with Crippen molar-refractivity contribution in [2.75, 3.05) is 37.4 Å². The molecule has 0 amide bonds. The highest BCUT2D eigenvalue weighted by molar-refractivity contribution is 7.10. The molecule has 2 N–H and O–H groups in total. The maximum Gasteiger partial charge on any atom is 0.139 e. The summed E-state index contributed by atoms with van der Waals surface area (Å²) < 4.78 is 9.23. The molecule has 1 aliphatic heterocycles. The minimum atomic E-state index is 0.625. The molecule has 1 aromatic rings. The van der Waals surface area contributed by atoms with Crippen LogP contribution in [-0.4, -0.2) is 31.2 Å². The highest BCUT2D eigenvalue weighted by Crippen LogP contribution is 2.28. The molecule has 2 rings (SSSR count). The summed E-state index contributed by atoms with van der Waals surface area (Å²) in [5.41, 5.74) is 5.59. The predicted octanol–water partition coefficient (Wildman–Crippen LogP) is 1.20. The van der Waals surface area contributed by atoms with E-state index >= 15 is 0 Å². The van der Waals surface area contributed by atoms with Gasteiger partial charge in [-0.2, -0.15) is 4.37 Å². The number of aromatic nitrogens is 1. The first-order valence-corrected chi connectivity index (χ1v) is 5.53. The molecule has 0 saturated carbocycles. The number of nitrogen functional groups attached to an aromatic ring is 1. The Morgan fingerprint density at radius 3 is 3.29 bits per heavy atom. The molecule has 5 heteroatoms. The molecule has 78 valence electrons. The number of anilines is 2. The second kappa shape index (κ2) is 4.14. The molecule has 0 aliphatic carbocycles. The average molecular weight is 213 g/mol. The fourth-order valence-electron chi connectivity index (χ4n) is 1.83. The van der Waals surface area contributed by atoms with Crippen molar-refractivity contribution in [1.82, 2.24) is 4.37 Å². The van der Waals surface area contributed by atoms with Crippen molar-refractivity contribution in [2.24, 2.45) is 5.92 Å². The molecule has 0 bridgehead atoms. The second-order valence-electron chi connectivity index (χ2n) is 3.65. The highest BCUT2D eigenvalue weighted by atomic mass is 32.1. The summed E-state index contributed by atoms with van der Waals surface area (Å²) in [5.74, 6) is 1.28. The normalized spacial score (nSPS) is 21.8. The van der Waals surface area contributed by atoms with Gasteiger partial charge >= 0.3 is 0 Å². The first-order chi connectivity index (χ1) is 6.79. The van der Waals surface area contributed by atoms with Crippen molar-refractivity contribution in [3.63, 3.8) is 0 Å². The predicted molar refractivity (Wildman–Crippen MR) is 58.7 cm³/mol. The Kier molecular flexibility index (Phi) is 2.88. The Balaban J connectivity index is 1.95. The smallest absolute Gasteiger partial charge is 0.139 e. The lowest BCUT2D eigenvalue weighted by atomic mass is 10.1. The number of rotatable bonds is 3. The van der Waals surface area contributed by atoms with Gasteiger partial charge in [-0.3, -0.25) is 0 Å². The van der Waals surface area contributed by atoms with Crippen LogP contribution in [0.5, 0.6) is 0 Å². The number of methoxy groups -OCH3 is 1. The van der Waals surface area contributed by atoms with E-state index in [9.17, 15) is 0 Å². The fourth-order valence-corrected chi connectivity index (χ4v) is 2.54. The Morgan fingerprint density at radius 2 is 2.64 bits per heavy atom. The third-order valence-electron chi connectivity index (χ3n) is 2.52. The summed E-state index contributed by atoms with van der Waals surface area (Å²) in [7, 11) is 1.76. The van der Waals surface area contributed by atoms with Crippen LogP contribution in [0.3, 0.4) is 0 Å². The van der Waals surface area contributed by atoms with E-state index in [4.69, 9.17) is 10.5 Å². The number of hydrogen-bond acceptors (Lipinski definition) is 5. The summed E-state index contributed by atoms with van der Waals surface area (Å²) in [6.45, 7) is 3.01. The van der Waals surface area contributed by atoms with Gasteiger partial charge in [0.1, 0.15) is 10.8 Å². The van der Waals surface area contributed by atoms with Crippen LogP contribution in [0.2, 0.25) is 0 Å². The first-order valence-electron chi connectivity index (χ1n) is 4.75. The number of hydrogen-bond donors (Lipinski definition) is 1. The van der Waals surface area contributed by atoms with Crippen LogP contribution >= 0.6 is 11.5 Å². The minimum absolute atomic E-state index is 0.625. The van der Waals surface area contributed by atoms with Gasteiger partial charge in [-0.25, -0.2) is 0 Å². The first kappa shape index (κ1) is 9.73. The van der Waals surface area contributed by atoms with E-state index in [-0.39, 0.29) is 0 Å². The Labute approximate surface area is 87.8 Å². The van der Waals surface area contributed by atoms with Crippen LogP contribution in [0, 0.1) is 5.92 Å². The van der Waals surface area contributed by atoms with Gasteiger partial charge in [0, 0.05) is 32.2 Å². The van der Waals surface area contributed by atoms with E-state index in [1.165, 1.54) is 23.0 Å². The standard InChI is InChI=1S/C9H15N3OS/c1-13-6-7-2-3-12(5-7)9-4-8(10)11-14-9/h4,7H,2-3,5-6H2,1H3,(H2,10,11). The van der Waals surface area contributed by atoms with Gasteiger partial charge in [0.25, 0.3) is 0 Å². The number of ether oxygens (including phenoxy) is 1.